The number of phenolic OH excluding ortho intramolecular Hbond substituents is 1. The van der Waals surface area contributed by atoms with Crippen molar-refractivity contribution in [1.29, 1.82) is 0 Å². The summed E-state index contributed by atoms with van der Waals surface area (Å²) >= 11 is 0. The summed E-state index contributed by atoms with van der Waals surface area (Å²) in [7, 11) is 0. The zero-order valence-corrected chi connectivity index (χ0v) is 20.1. The van der Waals surface area contributed by atoms with Crippen LogP contribution in [0.2, 0.25) is 0 Å². The summed E-state index contributed by atoms with van der Waals surface area (Å²) in [6.45, 7) is 1.85. The minimum absolute atomic E-state index is 0.0176. The topological polar surface area (TPSA) is 49.7 Å². The lowest BCUT2D eigenvalue weighted by Gasteiger charge is -2.29. The first-order valence-corrected chi connectivity index (χ1v) is 12.3. The molecule has 0 aliphatic heterocycles. The Kier molecular flexibility index (Phi) is 8.32. The van der Waals surface area contributed by atoms with Gasteiger partial charge < -0.3 is 14.9 Å². The first-order chi connectivity index (χ1) is 17.3. The van der Waals surface area contributed by atoms with Gasteiger partial charge in [-0.2, -0.15) is 4.39 Å². The zero-order chi connectivity index (χ0) is 25.8. The predicted molar refractivity (Wildman–Crippen MR) is 129 cm³/mol. The van der Waals surface area contributed by atoms with Crippen molar-refractivity contribution in [2.24, 2.45) is 0 Å². The van der Waals surface area contributed by atoms with E-state index in [2.05, 4.69) is 0 Å². The van der Waals surface area contributed by atoms with Gasteiger partial charge in [0.1, 0.15) is 0 Å². The highest BCUT2D eigenvalue weighted by Crippen LogP contribution is 2.38. The minimum Gasteiger partial charge on any atom is -0.505 e. The molecule has 0 spiro atoms. The lowest BCUT2D eigenvalue weighted by Crippen LogP contribution is -2.21. The number of aliphatic hydroxyl groups is 1. The summed E-state index contributed by atoms with van der Waals surface area (Å²) in [6, 6.07) is 12.4. The average Bonchev–Trinajstić information content (AvgIpc) is 2.89. The second-order valence-electron chi connectivity index (χ2n) is 9.41. The number of hydrogen-bond acceptors (Lipinski definition) is 3. The Bertz CT molecular complexity index is 1190. The van der Waals surface area contributed by atoms with Crippen molar-refractivity contribution < 1.29 is 32.5 Å². The van der Waals surface area contributed by atoms with E-state index in [-0.39, 0.29) is 29.8 Å². The molecule has 1 saturated carbocycles. The van der Waals surface area contributed by atoms with Gasteiger partial charge >= 0.3 is 0 Å². The monoisotopic (exact) mass is 502 g/mol. The Labute approximate surface area is 208 Å². The third-order valence-corrected chi connectivity index (χ3v) is 7.01. The maximum atomic E-state index is 15.1. The van der Waals surface area contributed by atoms with Crippen molar-refractivity contribution in [2.75, 3.05) is 0 Å². The molecule has 4 rings (SSSR count). The van der Waals surface area contributed by atoms with Crippen molar-refractivity contribution in [3.63, 3.8) is 0 Å². The smallest absolute Gasteiger partial charge is 0.200 e. The fourth-order valence-corrected chi connectivity index (χ4v) is 4.87. The molecular formula is C29H30F4O3. The van der Waals surface area contributed by atoms with E-state index in [1.807, 2.05) is 6.92 Å². The molecule has 7 heteroatoms. The molecule has 0 aromatic heterocycles. The Hall–Kier alpha value is -2.90. The van der Waals surface area contributed by atoms with E-state index in [4.69, 9.17) is 4.74 Å². The van der Waals surface area contributed by atoms with Crippen LogP contribution in [0.25, 0.3) is 11.1 Å². The normalized spacial score (nSPS) is 18.8. The fourth-order valence-electron chi connectivity index (χ4n) is 4.87. The quantitative estimate of drug-likeness (QED) is 0.311. The number of rotatable bonds is 8. The van der Waals surface area contributed by atoms with Gasteiger partial charge in [-0.25, -0.2) is 13.2 Å². The molecular weight excluding hydrogens is 472 g/mol. The van der Waals surface area contributed by atoms with Crippen LogP contribution in [0.4, 0.5) is 17.6 Å². The van der Waals surface area contributed by atoms with Crippen LogP contribution >= 0.6 is 0 Å². The van der Waals surface area contributed by atoms with E-state index in [9.17, 15) is 19.0 Å². The largest absolute Gasteiger partial charge is 0.505 e. The predicted octanol–water partition coefficient (Wildman–Crippen LogP) is 7.69. The van der Waals surface area contributed by atoms with Gasteiger partial charge in [-0.3, -0.25) is 0 Å². The Morgan fingerprint density at radius 1 is 0.833 bits per heavy atom. The van der Waals surface area contributed by atoms with Crippen LogP contribution in [-0.2, 0) is 11.3 Å². The van der Waals surface area contributed by atoms with Crippen LogP contribution in [0.3, 0.4) is 0 Å². The lowest BCUT2D eigenvalue weighted by atomic mass is 9.82. The van der Waals surface area contributed by atoms with E-state index >= 15 is 8.78 Å². The molecule has 0 bridgehead atoms. The molecule has 1 fully saturated rings. The van der Waals surface area contributed by atoms with Gasteiger partial charge in [0.25, 0.3) is 0 Å². The minimum atomic E-state index is -1.30. The second kappa shape index (κ2) is 11.4. The SMILES string of the molecule is CCCC(O)c1ccc(-c2ccc(C3CCC(OCc4ccc(O)c(F)c4F)CC3)c(F)c2F)cc1. The molecule has 36 heavy (non-hydrogen) atoms. The lowest BCUT2D eigenvalue weighted by molar-refractivity contribution is 0.0116. The number of halogens is 4. The van der Waals surface area contributed by atoms with Crippen molar-refractivity contribution >= 4 is 0 Å². The molecule has 2 N–H and O–H groups in total. The average molecular weight is 503 g/mol. The maximum absolute atomic E-state index is 15.1. The fraction of sp³-hybridized carbons (Fsp3) is 0.379. The van der Waals surface area contributed by atoms with Crippen LogP contribution in [0.1, 0.15) is 74.2 Å². The van der Waals surface area contributed by atoms with Crippen LogP contribution in [-0.4, -0.2) is 16.3 Å². The van der Waals surface area contributed by atoms with Gasteiger partial charge in [0.05, 0.1) is 18.8 Å². The second-order valence-corrected chi connectivity index (χ2v) is 9.41. The summed E-state index contributed by atoms with van der Waals surface area (Å²) in [6.07, 6.45) is 3.02. The van der Waals surface area contributed by atoms with E-state index in [0.717, 1.165) is 18.1 Å². The number of hydrogen-bond donors (Lipinski definition) is 2. The number of aromatic hydroxyl groups is 1. The van der Waals surface area contributed by atoms with E-state index in [1.165, 1.54) is 6.07 Å². The van der Waals surface area contributed by atoms with Gasteiger partial charge in [0.15, 0.2) is 23.2 Å². The van der Waals surface area contributed by atoms with Crippen LogP contribution < -0.4 is 0 Å². The van der Waals surface area contributed by atoms with Gasteiger partial charge in [0, 0.05) is 11.1 Å². The Morgan fingerprint density at radius 2 is 1.53 bits per heavy atom. The number of aliphatic hydroxyl groups excluding tert-OH is 1. The molecule has 3 nitrogen and oxygen atoms in total. The standard InChI is InChI=1S/C29H30F4O3/c1-2-3-24(34)19-6-4-17(5-7-19)22-13-14-23(28(32)27(22)31)18-8-11-21(12-9-18)36-16-20-10-15-25(35)29(33)26(20)30/h4-7,10,13-15,18,21,24,34-35H,2-3,8-9,11-12,16H2,1H3. The molecule has 1 atom stereocenters. The van der Waals surface area contributed by atoms with Crippen LogP contribution in [0, 0.1) is 23.3 Å². The molecule has 0 amide bonds. The van der Waals surface area contributed by atoms with Crippen molar-refractivity contribution in [3.8, 4) is 16.9 Å². The number of benzene rings is 3. The molecule has 1 aliphatic rings. The van der Waals surface area contributed by atoms with Gasteiger partial charge in [-0.1, -0.05) is 49.7 Å². The van der Waals surface area contributed by atoms with Crippen molar-refractivity contribution in [1.82, 2.24) is 0 Å². The van der Waals surface area contributed by atoms with Gasteiger partial charge in [0.2, 0.25) is 5.82 Å². The molecule has 192 valence electrons. The van der Waals surface area contributed by atoms with Gasteiger partial charge in [-0.05, 0) is 66.8 Å². The van der Waals surface area contributed by atoms with Crippen molar-refractivity contribution in [2.45, 2.75) is 70.2 Å². The third-order valence-electron chi connectivity index (χ3n) is 7.01. The molecule has 1 unspecified atom stereocenters. The highest BCUT2D eigenvalue weighted by molar-refractivity contribution is 5.65. The summed E-state index contributed by atoms with van der Waals surface area (Å²) in [5.74, 6) is -5.09. The molecule has 3 aromatic carbocycles. The Balaban J connectivity index is 1.38. The molecule has 0 radical (unpaired) electrons. The van der Waals surface area contributed by atoms with E-state index in [0.29, 0.717) is 43.2 Å². The first kappa shape index (κ1) is 26.2. The highest BCUT2D eigenvalue weighted by Gasteiger charge is 2.27. The maximum Gasteiger partial charge on any atom is 0.200 e. The number of phenols is 1. The summed E-state index contributed by atoms with van der Waals surface area (Å²) in [5.41, 5.74) is 1.81. The molecule has 3 aromatic rings. The first-order valence-electron chi connectivity index (χ1n) is 12.3. The van der Waals surface area contributed by atoms with Gasteiger partial charge in [-0.15, -0.1) is 0 Å². The van der Waals surface area contributed by atoms with Crippen LogP contribution in [0.15, 0.2) is 48.5 Å². The highest BCUT2D eigenvalue weighted by atomic mass is 19.2. The molecule has 1 aliphatic carbocycles. The zero-order valence-electron chi connectivity index (χ0n) is 20.1. The van der Waals surface area contributed by atoms with E-state index < -0.39 is 35.1 Å². The van der Waals surface area contributed by atoms with E-state index in [1.54, 1.807) is 36.4 Å². The Morgan fingerprint density at radius 3 is 2.19 bits per heavy atom. The third kappa shape index (κ3) is 5.57. The molecule has 0 saturated heterocycles. The number of ether oxygens (including phenoxy) is 1. The van der Waals surface area contributed by atoms with Crippen molar-refractivity contribution in [3.05, 3.63) is 88.5 Å². The van der Waals surface area contributed by atoms with Crippen LogP contribution in [0.5, 0.6) is 5.75 Å². The summed E-state index contributed by atoms with van der Waals surface area (Å²) in [5, 5.41) is 19.4. The summed E-state index contributed by atoms with van der Waals surface area (Å²) < 4.78 is 63.3. The molecule has 0 heterocycles. The summed E-state index contributed by atoms with van der Waals surface area (Å²) in [4.78, 5) is 0.